The van der Waals surface area contributed by atoms with Crippen LogP contribution in [-0.4, -0.2) is 20.7 Å². The van der Waals surface area contributed by atoms with Gasteiger partial charge in [0.25, 0.3) is 0 Å². The summed E-state index contributed by atoms with van der Waals surface area (Å²) in [5, 5.41) is 14.1. The molecular formula is C15H14N4O3S. The largest absolute Gasteiger partial charge is 0.323 e. The van der Waals surface area contributed by atoms with Crippen LogP contribution in [0.3, 0.4) is 0 Å². The molecule has 23 heavy (non-hydrogen) atoms. The van der Waals surface area contributed by atoms with Crippen LogP contribution in [0.4, 0.5) is 21.9 Å². The Bertz CT molecular complexity index is 855. The highest BCUT2D eigenvalue weighted by molar-refractivity contribution is 7.92. The molecule has 0 aliphatic rings. The van der Waals surface area contributed by atoms with E-state index in [0.29, 0.717) is 22.6 Å². The maximum atomic E-state index is 11.9. The smallest absolute Gasteiger partial charge is 0.308 e. The van der Waals surface area contributed by atoms with Crippen molar-refractivity contribution in [3.8, 4) is 6.07 Å². The van der Waals surface area contributed by atoms with Gasteiger partial charge in [0.1, 0.15) is 6.07 Å². The molecule has 2 amide bonds. The van der Waals surface area contributed by atoms with E-state index in [-0.39, 0.29) is 0 Å². The number of hydrogen-bond acceptors (Lipinski definition) is 4. The first-order chi connectivity index (χ1) is 10.9. The number of anilines is 3. The van der Waals surface area contributed by atoms with Crippen LogP contribution in [0, 0.1) is 11.3 Å². The molecule has 7 nitrogen and oxygen atoms in total. The number of carbonyl (C=O) groups is 1. The van der Waals surface area contributed by atoms with Gasteiger partial charge in [0.15, 0.2) is 0 Å². The summed E-state index contributed by atoms with van der Waals surface area (Å²) in [6.45, 7) is 0. The van der Waals surface area contributed by atoms with Crippen LogP contribution in [0.2, 0.25) is 0 Å². The van der Waals surface area contributed by atoms with E-state index in [1.54, 1.807) is 36.4 Å². The lowest BCUT2D eigenvalue weighted by atomic mass is 10.2. The summed E-state index contributed by atoms with van der Waals surface area (Å²) in [7, 11) is -3.34. The van der Waals surface area contributed by atoms with Gasteiger partial charge in [0.05, 0.1) is 17.5 Å². The van der Waals surface area contributed by atoms with Crippen LogP contribution in [0.25, 0.3) is 0 Å². The molecule has 118 valence electrons. The minimum atomic E-state index is -3.34. The summed E-state index contributed by atoms with van der Waals surface area (Å²) in [5.41, 5.74) is 1.64. The highest BCUT2D eigenvalue weighted by atomic mass is 32.2. The molecule has 0 aliphatic heterocycles. The van der Waals surface area contributed by atoms with Crippen molar-refractivity contribution in [1.29, 1.82) is 5.26 Å². The molecule has 0 fully saturated rings. The first kappa shape index (κ1) is 16.3. The summed E-state index contributed by atoms with van der Waals surface area (Å²) in [6, 6.07) is 14.3. The molecule has 0 aliphatic carbocycles. The number of benzene rings is 2. The maximum Gasteiger partial charge on any atom is 0.323 e. The van der Waals surface area contributed by atoms with Gasteiger partial charge >= 0.3 is 6.03 Å². The molecule has 0 aromatic heterocycles. The zero-order valence-corrected chi connectivity index (χ0v) is 13.0. The van der Waals surface area contributed by atoms with E-state index in [4.69, 9.17) is 5.26 Å². The lowest BCUT2D eigenvalue weighted by Gasteiger charge is -2.09. The van der Waals surface area contributed by atoms with Crippen molar-refractivity contribution in [1.82, 2.24) is 0 Å². The first-order valence-electron chi connectivity index (χ1n) is 6.52. The lowest BCUT2D eigenvalue weighted by Crippen LogP contribution is -2.20. The summed E-state index contributed by atoms with van der Waals surface area (Å²) >= 11 is 0. The average molecular weight is 330 g/mol. The highest BCUT2D eigenvalue weighted by Gasteiger charge is 2.07. The Kier molecular flexibility index (Phi) is 4.83. The second-order valence-corrected chi connectivity index (χ2v) is 6.44. The minimum absolute atomic E-state index is 0.357. The predicted molar refractivity (Wildman–Crippen MR) is 88.7 cm³/mol. The van der Waals surface area contributed by atoms with Gasteiger partial charge in [-0.25, -0.2) is 13.2 Å². The summed E-state index contributed by atoms with van der Waals surface area (Å²) in [6.07, 6.45) is 1.05. The molecule has 3 N–H and O–H groups in total. The van der Waals surface area contributed by atoms with Gasteiger partial charge in [0, 0.05) is 11.4 Å². The number of carbonyl (C=O) groups excluding carboxylic acids is 1. The molecule has 8 heteroatoms. The first-order valence-corrected chi connectivity index (χ1v) is 8.41. The fourth-order valence-corrected chi connectivity index (χ4v) is 2.37. The summed E-state index contributed by atoms with van der Waals surface area (Å²) < 4.78 is 24.5. The molecule has 2 aromatic rings. The molecule has 0 bridgehead atoms. The number of nitrogens with zero attached hydrogens (tertiary/aromatic N) is 1. The van der Waals surface area contributed by atoms with E-state index in [1.165, 1.54) is 12.1 Å². The Morgan fingerprint density at radius 1 is 1.00 bits per heavy atom. The fraction of sp³-hybridized carbons (Fsp3) is 0.0667. The zero-order valence-electron chi connectivity index (χ0n) is 12.2. The Morgan fingerprint density at radius 3 is 2.22 bits per heavy atom. The average Bonchev–Trinajstić information content (AvgIpc) is 2.48. The normalized spacial score (nSPS) is 10.4. The van der Waals surface area contributed by atoms with Crippen LogP contribution in [0.15, 0.2) is 48.5 Å². The van der Waals surface area contributed by atoms with E-state index in [9.17, 15) is 13.2 Å². The van der Waals surface area contributed by atoms with Gasteiger partial charge in [-0.1, -0.05) is 12.1 Å². The second-order valence-electron chi connectivity index (χ2n) is 4.69. The van der Waals surface area contributed by atoms with Crippen LogP contribution in [0.5, 0.6) is 0 Å². The standard InChI is InChI=1S/C15H14N4O3S/c1-23(21,22)19-13-8-6-12(7-9-13)17-15(20)18-14-5-3-2-4-11(14)10-16/h2-9,19H,1H3,(H2,17,18,20). The van der Waals surface area contributed by atoms with E-state index in [2.05, 4.69) is 15.4 Å². The van der Waals surface area contributed by atoms with Gasteiger partial charge in [-0.2, -0.15) is 5.26 Å². The summed E-state index contributed by atoms with van der Waals surface area (Å²) in [5.74, 6) is 0. The van der Waals surface area contributed by atoms with Crippen molar-refractivity contribution < 1.29 is 13.2 Å². The van der Waals surface area contributed by atoms with Gasteiger partial charge in [-0.05, 0) is 36.4 Å². The number of para-hydroxylation sites is 1. The van der Waals surface area contributed by atoms with Crippen LogP contribution in [-0.2, 0) is 10.0 Å². The lowest BCUT2D eigenvalue weighted by molar-refractivity contribution is 0.262. The monoisotopic (exact) mass is 330 g/mol. The fourth-order valence-electron chi connectivity index (χ4n) is 1.81. The van der Waals surface area contributed by atoms with Crippen LogP contribution >= 0.6 is 0 Å². The van der Waals surface area contributed by atoms with Crippen molar-refractivity contribution in [2.45, 2.75) is 0 Å². The molecule has 2 aromatic carbocycles. The topological polar surface area (TPSA) is 111 Å². The van der Waals surface area contributed by atoms with Gasteiger partial charge in [-0.3, -0.25) is 4.72 Å². The van der Waals surface area contributed by atoms with Crippen LogP contribution < -0.4 is 15.4 Å². The van der Waals surface area contributed by atoms with Gasteiger partial charge < -0.3 is 10.6 Å². The minimum Gasteiger partial charge on any atom is -0.308 e. The third-order valence-corrected chi connectivity index (χ3v) is 3.35. The summed E-state index contributed by atoms with van der Waals surface area (Å²) in [4.78, 5) is 11.9. The molecule has 0 unspecified atom stereocenters. The number of nitrogens with one attached hydrogen (secondary N) is 3. The SMILES string of the molecule is CS(=O)(=O)Nc1ccc(NC(=O)Nc2ccccc2C#N)cc1. The van der Waals surface area contributed by atoms with Crippen molar-refractivity contribution in [2.24, 2.45) is 0 Å². The third-order valence-electron chi connectivity index (χ3n) is 2.74. The quantitative estimate of drug-likeness (QED) is 0.800. The molecule has 0 spiro atoms. The molecule has 0 saturated carbocycles. The van der Waals surface area contributed by atoms with Gasteiger partial charge in [0.2, 0.25) is 10.0 Å². The molecule has 0 heterocycles. The number of nitriles is 1. The number of amides is 2. The van der Waals surface area contributed by atoms with Crippen molar-refractivity contribution in [3.63, 3.8) is 0 Å². The zero-order chi connectivity index (χ0) is 16.9. The van der Waals surface area contributed by atoms with Crippen LogP contribution in [0.1, 0.15) is 5.56 Å². The van der Waals surface area contributed by atoms with Crippen molar-refractivity contribution in [3.05, 3.63) is 54.1 Å². The molecular weight excluding hydrogens is 316 g/mol. The maximum absolute atomic E-state index is 11.9. The number of hydrogen-bond donors (Lipinski definition) is 3. The number of urea groups is 1. The Balaban J connectivity index is 2.02. The Morgan fingerprint density at radius 2 is 1.61 bits per heavy atom. The Labute approximate surface area is 134 Å². The van der Waals surface area contributed by atoms with Crippen molar-refractivity contribution in [2.75, 3.05) is 21.6 Å². The molecule has 0 atom stereocenters. The Hall–Kier alpha value is -3.05. The highest BCUT2D eigenvalue weighted by Crippen LogP contribution is 2.16. The third kappa shape index (κ3) is 5.01. The second kappa shape index (κ2) is 6.81. The molecule has 2 rings (SSSR count). The van der Waals surface area contributed by atoms with Gasteiger partial charge in [-0.15, -0.1) is 0 Å². The predicted octanol–water partition coefficient (Wildman–Crippen LogP) is 2.57. The number of sulfonamides is 1. The number of rotatable bonds is 4. The van der Waals surface area contributed by atoms with E-state index < -0.39 is 16.1 Å². The van der Waals surface area contributed by atoms with E-state index >= 15 is 0 Å². The molecule has 0 saturated heterocycles. The van der Waals surface area contributed by atoms with Crippen molar-refractivity contribution >= 4 is 33.1 Å². The van der Waals surface area contributed by atoms with E-state index in [0.717, 1.165) is 6.26 Å². The van der Waals surface area contributed by atoms with E-state index in [1.807, 2.05) is 6.07 Å². The molecule has 0 radical (unpaired) electrons.